The summed E-state index contributed by atoms with van der Waals surface area (Å²) in [5, 5.41) is 10.4. The highest BCUT2D eigenvalue weighted by Crippen LogP contribution is 2.23. The summed E-state index contributed by atoms with van der Waals surface area (Å²) in [4.78, 5) is 9.96. The van der Waals surface area contributed by atoms with E-state index in [1.165, 1.54) is 12.1 Å². The van der Waals surface area contributed by atoms with Crippen molar-refractivity contribution in [1.82, 2.24) is 0 Å². The first-order valence-electron chi connectivity index (χ1n) is 5.10. The Kier molecular flexibility index (Phi) is 5.69. The van der Waals surface area contributed by atoms with Gasteiger partial charge in [-0.1, -0.05) is 12.1 Å². The van der Waals surface area contributed by atoms with Crippen LogP contribution < -0.4 is 0 Å². The van der Waals surface area contributed by atoms with Crippen LogP contribution in [-0.2, 0) is 20.0 Å². The second kappa shape index (κ2) is 7.06. The quantitative estimate of drug-likeness (QED) is 0.427. The first kappa shape index (κ1) is 13.7. The largest absolute Gasteiger partial charge is 0.697 e. The lowest BCUT2D eigenvalue weighted by atomic mass is 10.1. The number of nitro groups is 1. The minimum absolute atomic E-state index is 0.0510. The van der Waals surface area contributed by atoms with Crippen LogP contribution in [0.4, 0.5) is 5.69 Å². The zero-order chi connectivity index (χ0) is 12.7. The van der Waals surface area contributed by atoms with Crippen molar-refractivity contribution in [2.24, 2.45) is 0 Å². The van der Waals surface area contributed by atoms with E-state index in [1.54, 1.807) is 19.1 Å². The molecule has 0 saturated heterocycles. The molecule has 0 spiro atoms. The van der Waals surface area contributed by atoms with Crippen LogP contribution in [0.1, 0.15) is 12.5 Å². The van der Waals surface area contributed by atoms with Crippen molar-refractivity contribution in [1.29, 1.82) is 0 Å². The van der Waals surface area contributed by atoms with E-state index in [-0.39, 0.29) is 12.3 Å². The van der Waals surface area contributed by atoms with E-state index in [2.05, 4.69) is 0 Å². The normalized spacial score (nSPS) is 11.2. The summed E-state index contributed by atoms with van der Waals surface area (Å²) in [5.41, 5.74) is 0.936. The van der Waals surface area contributed by atoms with Gasteiger partial charge in [0.15, 0.2) is 0 Å². The molecule has 6 nitrogen and oxygen atoms in total. The molecule has 0 aromatic heterocycles. The van der Waals surface area contributed by atoms with Gasteiger partial charge in [-0.3, -0.25) is 10.1 Å². The van der Waals surface area contributed by atoms with Crippen LogP contribution >= 0.6 is 8.25 Å². The standard InChI is InChI=1S/C10H13NO5P/c1-2-15-17(14)16-8-7-9-3-5-10(6-4-9)11(12)13/h3-6H,2,7-8H2,1H3/q+1. The van der Waals surface area contributed by atoms with Gasteiger partial charge in [0.25, 0.3) is 5.69 Å². The molecule has 7 heteroatoms. The van der Waals surface area contributed by atoms with Gasteiger partial charge in [-0.05, 0) is 12.5 Å². The van der Waals surface area contributed by atoms with E-state index in [9.17, 15) is 14.7 Å². The Labute approximate surface area is 99.6 Å². The highest BCUT2D eigenvalue weighted by Gasteiger charge is 2.18. The topological polar surface area (TPSA) is 78.7 Å². The van der Waals surface area contributed by atoms with Gasteiger partial charge in [0.1, 0.15) is 13.2 Å². The lowest BCUT2D eigenvalue weighted by molar-refractivity contribution is -0.384. The maximum atomic E-state index is 11.0. The number of non-ortho nitro benzene ring substituents is 1. The number of nitro benzene ring substituents is 1. The van der Waals surface area contributed by atoms with Gasteiger partial charge in [-0.15, -0.1) is 9.05 Å². The summed E-state index contributed by atoms with van der Waals surface area (Å²) >= 11 is 0. The number of hydrogen-bond acceptors (Lipinski definition) is 5. The predicted octanol–water partition coefficient (Wildman–Crippen LogP) is 2.85. The lowest BCUT2D eigenvalue weighted by Crippen LogP contribution is -1.95. The third kappa shape index (κ3) is 4.99. The molecule has 0 aliphatic heterocycles. The number of rotatable bonds is 7. The van der Waals surface area contributed by atoms with Crippen molar-refractivity contribution in [2.75, 3.05) is 13.2 Å². The molecule has 0 aliphatic carbocycles. The molecular formula is C10H13NO5P+. The van der Waals surface area contributed by atoms with E-state index in [1.807, 2.05) is 0 Å². The Bertz CT molecular complexity index is 392. The Hall–Kier alpha value is -1.36. The van der Waals surface area contributed by atoms with Crippen molar-refractivity contribution >= 4 is 13.9 Å². The second-order valence-corrected chi connectivity index (χ2v) is 4.11. The molecule has 0 bridgehead atoms. The fourth-order valence-electron chi connectivity index (χ4n) is 1.17. The fourth-order valence-corrected chi connectivity index (χ4v) is 1.69. The van der Waals surface area contributed by atoms with Crippen molar-refractivity contribution in [3.8, 4) is 0 Å². The predicted molar refractivity (Wildman–Crippen MR) is 62.0 cm³/mol. The molecule has 92 valence electrons. The molecule has 1 rings (SSSR count). The molecule has 1 atom stereocenters. The molecule has 0 amide bonds. The van der Waals surface area contributed by atoms with E-state index >= 15 is 0 Å². The zero-order valence-electron chi connectivity index (χ0n) is 9.37. The third-order valence-corrected chi connectivity index (χ3v) is 2.83. The summed E-state index contributed by atoms with van der Waals surface area (Å²) in [6.45, 7) is 2.33. The second-order valence-electron chi connectivity index (χ2n) is 3.15. The molecule has 1 aromatic carbocycles. The smallest absolute Gasteiger partial charge is 0.258 e. The highest BCUT2D eigenvalue weighted by molar-refractivity contribution is 7.33. The van der Waals surface area contributed by atoms with E-state index in [0.29, 0.717) is 13.0 Å². The molecule has 0 aliphatic rings. The average Bonchev–Trinajstić information content (AvgIpc) is 2.30. The average molecular weight is 258 g/mol. The van der Waals surface area contributed by atoms with Crippen LogP contribution in [0.25, 0.3) is 0 Å². The van der Waals surface area contributed by atoms with Gasteiger partial charge >= 0.3 is 8.25 Å². The Morgan fingerprint density at radius 3 is 2.47 bits per heavy atom. The number of nitrogens with zero attached hydrogens (tertiary/aromatic N) is 1. The summed E-state index contributed by atoms with van der Waals surface area (Å²) < 4.78 is 20.6. The van der Waals surface area contributed by atoms with E-state index < -0.39 is 13.2 Å². The monoisotopic (exact) mass is 258 g/mol. The van der Waals surface area contributed by atoms with Crippen LogP contribution in [0.5, 0.6) is 0 Å². The number of benzene rings is 1. The minimum Gasteiger partial charge on any atom is -0.258 e. The zero-order valence-corrected chi connectivity index (χ0v) is 10.3. The van der Waals surface area contributed by atoms with Gasteiger partial charge < -0.3 is 0 Å². The minimum atomic E-state index is -2.05. The molecule has 1 unspecified atom stereocenters. The highest BCUT2D eigenvalue weighted by atomic mass is 31.1. The molecule has 0 fully saturated rings. The van der Waals surface area contributed by atoms with Crippen LogP contribution in [-0.4, -0.2) is 18.1 Å². The van der Waals surface area contributed by atoms with Gasteiger partial charge in [0.05, 0.1) is 4.92 Å². The molecule has 0 saturated carbocycles. The first-order valence-corrected chi connectivity index (χ1v) is 6.19. The molecule has 0 radical (unpaired) electrons. The maximum Gasteiger partial charge on any atom is 0.697 e. The number of hydrogen-bond donors (Lipinski definition) is 0. The van der Waals surface area contributed by atoms with E-state index in [4.69, 9.17) is 9.05 Å². The first-order chi connectivity index (χ1) is 8.13. The summed E-state index contributed by atoms with van der Waals surface area (Å²) in [6.07, 6.45) is 0.534. The summed E-state index contributed by atoms with van der Waals surface area (Å²) in [5.74, 6) is 0. The SMILES string of the molecule is CCO[P+](=O)OCCc1ccc([N+](=O)[O-])cc1. The van der Waals surface area contributed by atoms with Crippen LogP contribution in [0.3, 0.4) is 0 Å². The molecule has 0 heterocycles. The molecular weight excluding hydrogens is 245 g/mol. The fraction of sp³-hybridized carbons (Fsp3) is 0.400. The van der Waals surface area contributed by atoms with Crippen LogP contribution in [0.15, 0.2) is 24.3 Å². The van der Waals surface area contributed by atoms with Crippen LogP contribution in [0.2, 0.25) is 0 Å². The van der Waals surface area contributed by atoms with Gasteiger partial charge in [-0.25, -0.2) is 0 Å². The van der Waals surface area contributed by atoms with E-state index in [0.717, 1.165) is 5.56 Å². The molecule has 1 aromatic rings. The van der Waals surface area contributed by atoms with Crippen LogP contribution in [0, 0.1) is 10.1 Å². The third-order valence-electron chi connectivity index (χ3n) is 1.97. The van der Waals surface area contributed by atoms with Gasteiger partial charge in [0.2, 0.25) is 0 Å². The van der Waals surface area contributed by atoms with Gasteiger partial charge in [0, 0.05) is 23.1 Å². The molecule has 17 heavy (non-hydrogen) atoms. The Balaban J connectivity index is 2.37. The summed E-state index contributed by atoms with van der Waals surface area (Å²) in [7, 11) is -2.05. The lowest BCUT2D eigenvalue weighted by Gasteiger charge is -1.97. The van der Waals surface area contributed by atoms with Crippen molar-refractivity contribution < 1.29 is 18.5 Å². The Morgan fingerprint density at radius 1 is 1.29 bits per heavy atom. The molecule has 0 N–H and O–H groups in total. The summed E-state index contributed by atoms with van der Waals surface area (Å²) in [6, 6.07) is 6.15. The van der Waals surface area contributed by atoms with Crippen molar-refractivity contribution in [3.63, 3.8) is 0 Å². The Morgan fingerprint density at radius 2 is 1.94 bits per heavy atom. The maximum absolute atomic E-state index is 11.0. The van der Waals surface area contributed by atoms with Gasteiger partial charge in [-0.2, -0.15) is 0 Å². The van der Waals surface area contributed by atoms with Crippen molar-refractivity contribution in [2.45, 2.75) is 13.3 Å². The van der Waals surface area contributed by atoms with Crippen molar-refractivity contribution in [3.05, 3.63) is 39.9 Å².